The quantitative estimate of drug-likeness (QED) is 0.486. The van der Waals surface area contributed by atoms with Gasteiger partial charge in [0.1, 0.15) is 11.3 Å². The molecule has 0 unspecified atom stereocenters. The standard InChI is InChI=1S/C20H19ClN4OS/c1-12-6-15(4-5-26-12)25-19(8-14-10-27-11-23-14)24-18-9-22-17-3-2-13(21)7-16(17)20(18)25/h2-3,7,9-12,15H,4-6,8H2,1H3/t12-,15-/m1/s1. The lowest BCUT2D eigenvalue weighted by Crippen LogP contribution is -2.26. The third-order valence-electron chi connectivity index (χ3n) is 5.20. The number of benzene rings is 1. The zero-order valence-corrected chi connectivity index (χ0v) is 16.5. The molecule has 0 bridgehead atoms. The Kier molecular flexibility index (Phi) is 4.34. The van der Waals surface area contributed by atoms with E-state index in [9.17, 15) is 0 Å². The SMILES string of the molecule is C[C@@H]1C[C@H](n2c(Cc3cscn3)nc3cnc4ccc(Cl)cc4c32)CCO1. The number of imidazole rings is 1. The molecule has 4 aromatic rings. The zero-order valence-electron chi connectivity index (χ0n) is 14.9. The molecule has 0 aliphatic carbocycles. The number of hydrogen-bond donors (Lipinski definition) is 0. The minimum Gasteiger partial charge on any atom is -0.378 e. The molecule has 1 fully saturated rings. The first-order valence-corrected chi connectivity index (χ1v) is 10.4. The maximum absolute atomic E-state index is 6.32. The van der Waals surface area contributed by atoms with Crippen molar-refractivity contribution in [2.45, 2.75) is 38.3 Å². The molecular formula is C20H19ClN4OS. The summed E-state index contributed by atoms with van der Waals surface area (Å²) in [5, 5.41) is 3.85. The first-order valence-electron chi connectivity index (χ1n) is 9.13. The number of nitrogens with zero attached hydrogens (tertiary/aromatic N) is 4. The summed E-state index contributed by atoms with van der Waals surface area (Å²) >= 11 is 7.93. The third-order valence-corrected chi connectivity index (χ3v) is 6.07. The molecule has 1 aromatic carbocycles. The van der Waals surface area contributed by atoms with Gasteiger partial charge in [0, 0.05) is 34.9 Å². The van der Waals surface area contributed by atoms with Crippen LogP contribution < -0.4 is 0 Å². The van der Waals surface area contributed by atoms with Gasteiger partial charge in [0.25, 0.3) is 0 Å². The summed E-state index contributed by atoms with van der Waals surface area (Å²) in [5.74, 6) is 1.03. The molecular weight excluding hydrogens is 380 g/mol. The van der Waals surface area contributed by atoms with Gasteiger partial charge in [-0.1, -0.05) is 11.6 Å². The number of hydrogen-bond acceptors (Lipinski definition) is 5. The van der Waals surface area contributed by atoms with Crippen molar-refractivity contribution >= 4 is 44.9 Å². The second-order valence-electron chi connectivity index (χ2n) is 7.07. The van der Waals surface area contributed by atoms with Gasteiger partial charge in [0.05, 0.1) is 34.5 Å². The Balaban J connectivity index is 1.76. The third kappa shape index (κ3) is 3.12. The number of pyridine rings is 1. The molecule has 0 radical (unpaired) electrons. The molecule has 2 atom stereocenters. The summed E-state index contributed by atoms with van der Waals surface area (Å²) in [6.45, 7) is 2.91. The average Bonchev–Trinajstić information content (AvgIpc) is 3.29. The maximum Gasteiger partial charge on any atom is 0.116 e. The topological polar surface area (TPSA) is 52.8 Å². The smallest absolute Gasteiger partial charge is 0.116 e. The fraction of sp³-hybridized carbons (Fsp3) is 0.350. The lowest BCUT2D eigenvalue weighted by atomic mass is 10.0. The number of rotatable bonds is 3. The molecule has 4 heterocycles. The highest BCUT2D eigenvalue weighted by Crippen LogP contribution is 2.34. The van der Waals surface area contributed by atoms with Gasteiger partial charge in [-0.3, -0.25) is 4.98 Å². The van der Waals surface area contributed by atoms with Crippen molar-refractivity contribution in [3.8, 4) is 0 Å². The zero-order chi connectivity index (χ0) is 18.4. The van der Waals surface area contributed by atoms with Crippen molar-refractivity contribution in [3.63, 3.8) is 0 Å². The van der Waals surface area contributed by atoms with Crippen molar-refractivity contribution in [3.05, 3.63) is 51.8 Å². The molecule has 0 amide bonds. The normalized spacial score (nSPS) is 20.5. The van der Waals surface area contributed by atoms with Crippen molar-refractivity contribution in [1.82, 2.24) is 19.5 Å². The van der Waals surface area contributed by atoms with E-state index >= 15 is 0 Å². The molecule has 1 saturated heterocycles. The Labute approximate surface area is 166 Å². The van der Waals surface area contributed by atoms with Crippen molar-refractivity contribution in [1.29, 1.82) is 0 Å². The highest BCUT2D eigenvalue weighted by Gasteiger charge is 2.26. The molecule has 0 spiro atoms. The first kappa shape index (κ1) is 17.1. The Morgan fingerprint density at radius 1 is 1.30 bits per heavy atom. The Bertz CT molecular complexity index is 1110. The summed E-state index contributed by atoms with van der Waals surface area (Å²) in [4.78, 5) is 14.0. The molecule has 5 nitrogen and oxygen atoms in total. The summed E-state index contributed by atoms with van der Waals surface area (Å²) in [6, 6.07) is 6.20. The second-order valence-corrected chi connectivity index (χ2v) is 8.22. The summed E-state index contributed by atoms with van der Waals surface area (Å²) < 4.78 is 8.19. The van der Waals surface area contributed by atoms with Gasteiger partial charge in [0.15, 0.2) is 0 Å². The number of aromatic nitrogens is 4. The van der Waals surface area contributed by atoms with Crippen LogP contribution in [0, 0.1) is 0 Å². The minimum atomic E-state index is 0.241. The van der Waals surface area contributed by atoms with Gasteiger partial charge in [-0.2, -0.15) is 0 Å². The predicted molar refractivity (Wildman–Crippen MR) is 109 cm³/mol. The van der Waals surface area contributed by atoms with Crippen molar-refractivity contribution in [2.24, 2.45) is 0 Å². The van der Waals surface area contributed by atoms with Gasteiger partial charge in [-0.15, -0.1) is 11.3 Å². The van der Waals surface area contributed by atoms with Gasteiger partial charge >= 0.3 is 0 Å². The van der Waals surface area contributed by atoms with E-state index < -0.39 is 0 Å². The average molecular weight is 399 g/mol. The molecule has 3 aromatic heterocycles. The van der Waals surface area contributed by atoms with Crippen LogP contribution >= 0.6 is 22.9 Å². The summed E-state index contributed by atoms with van der Waals surface area (Å²) in [5.41, 5.74) is 5.89. The number of thiazole rings is 1. The molecule has 0 saturated carbocycles. The molecule has 5 rings (SSSR count). The van der Waals surface area contributed by atoms with Gasteiger partial charge in [-0.05, 0) is 38.0 Å². The van der Waals surface area contributed by atoms with Crippen LogP contribution in [-0.2, 0) is 11.2 Å². The van der Waals surface area contributed by atoms with E-state index in [-0.39, 0.29) is 6.10 Å². The van der Waals surface area contributed by atoms with Crippen LogP contribution in [0.4, 0.5) is 0 Å². The van der Waals surface area contributed by atoms with Crippen LogP contribution in [0.2, 0.25) is 5.02 Å². The Hall–Kier alpha value is -2.02. The van der Waals surface area contributed by atoms with Crippen LogP contribution in [0.5, 0.6) is 0 Å². The second kappa shape index (κ2) is 6.86. The van der Waals surface area contributed by atoms with Gasteiger partial charge < -0.3 is 9.30 Å². The highest BCUT2D eigenvalue weighted by molar-refractivity contribution is 7.07. The summed E-state index contributed by atoms with van der Waals surface area (Å²) in [6.07, 6.45) is 4.77. The van der Waals surface area contributed by atoms with Gasteiger partial charge in [0.2, 0.25) is 0 Å². The highest BCUT2D eigenvalue weighted by atomic mass is 35.5. The lowest BCUT2D eigenvalue weighted by Gasteiger charge is -2.30. The van der Waals surface area contributed by atoms with Crippen LogP contribution in [0.25, 0.3) is 21.9 Å². The van der Waals surface area contributed by atoms with Gasteiger partial charge in [-0.25, -0.2) is 9.97 Å². The number of ether oxygens (including phenoxy) is 1. The van der Waals surface area contributed by atoms with E-state index in [1.165, 1.54) is 0 Å². The number of fused-ring (bicyclic) bond motifs is 3. The van der Waals surface area contributed by atoms with Crippen LogP contribution in [0.3, 0.4) is 0 Å². The largest absolute Gasteiger partial charge is 0.378 e. The van der Waals surface area contributed by atoms with Crippen molar-refractivity contribution < 1.29 is 4.74 Å². The summed E-state index contributed by atoms with van der Waals surface area (Å²) in [7, 11) is 0. The minimum absolute atomic E-state index is 0.241. The van der Waals surface area contributed by atoms with Crippen LogP contribution in [0.15, 0.2) is 35.3 Å². The molecule has 0 N–H and O–H groups in total. The van der Waals surface area contributed by atoms with Crippen molar-refractivity contribution in [2.75, 3.05) is 6.61 Å². The molecule has 27 heavy (non-hydrogen) atoms. The van der Waals surface area contributed by atoms with Crippen LogP contribution in [0.1, 0.15) is 37.3 Å². The Morgan fingerprint density at radius 3 is 3.04 bits per heavy atom. The molecule has 1 aliphatic heterocycles. The van der Waals surface area contributed by atoms with E-state index in [1.54, 1.807) is 11.3 Å². The fourth-order valence-electron chi connectivity index (χ4n) is 4.01. The lowest BCUT2D eigenvalue weighted by molar-refractivity contribution is 0.00631. The molecule has 7 heteroatoms. The van der Waals surface area contributed by atoms with E-state index in [2.05, 4.69) is 26.8 Å². The fourth-order valence-corrected chi connectivity index (χ4v) is 4.74. The van der Waals surface area contributed by atoms with E-state index in [0.717, 1.165) is 52.9 Å². The maximum atomic E-state index is 6.32. The van der Waals surface area contributed by atoms with E-state index in [1.807, 2.05) is 29.9 Å². The van der Waals surface area contributed by atoms with E-state index in [0.29, 0.717) is 17.5 Å². The van der Waals surface area contributed by atoms with E-state index in [4.69, 9.17) is 21.3 Å². The predicted octanol–water partition coefficient (Wildman–Crippen LogP) is 5.03. The molecule has 1 aliphatic rings. The van der Waals surface area contributed by atoms with Crippen LogP contribution in [-0.4, -0.2) is 32.2 Å². The monoisotopic (exact) mass is 398 g/mol. The number of halogens is 1. The molecule has 138 valence electrons. The Morgan fingerprint density at radius 2 is 2.22 bits per heavy atom. The first-order chi connectivity index (χ1) is 13.2.